The van der Waals surface area contributed by atoms with Gasteiger partial charge in [0, 0.05) is 56.9 Å². The van der Waals surface area contributed by atoms with Crippen LogP contribution in [0.15, 0.2) is 18.2 Å². The molecular weight excluding hydrogens is 465 g/mol. The molecule has 0 aromatic heterocycles. The van der Waals surface area contributed by atoms with Gasteiger partial charge < -0.3 is 15.1 Å². The summed E-state index contributed by atoms with van der Waals surface area (Å²) in [7, 11) is 0. The summed E-state index contributed by atoms with van der Waals surface area (Å²) >= 11 is 0. The topological polar surface area (TPSA) is 85.0 Å². The number of carbonyl (C=O) groups excluding carboxylic acids is 3. The first-order valence-electron chi connectivity index (χ1n) is 11.5. The van der Waals surface area contributed by atoms with Crippen molar-refractivity contribution in [2.24, 2.45) is 5.92 Å². The van der Waals surface area contributed by atoms with Gasteiger partial charge in [0.05, 0.1) is 0 Å². The summed E-state index contributed by atoms with van der Waals surface area (Å²) < 4.78 is 0. The zero-order valence-corrected chi connectivity index (χ0v) is 20.4. The molecule has 0 spiro atoms. The minimum Gasteiger partial charge on any atom is -0.369 e. The molecule has 0 radical (unpaired) electrons. The maximum atomic E-state index is 12.9. The van der Waals surface area contributed by atoms with Gasteiger partial charge >= 0.3 is 0 Å². The number of anilines is 1. The average molecular weight is 498 g/mol. The maximum Gasteiger partial charge on any atom is 0.255 e. The van der Waals surface area contributed by atoms with E-state index in [1.54, 1.807) is 4.90 Å². The van der Waals surface area contributed by atoms with Crippen LogP contribution >= 0.6 is 24.8 Å². The zero-order chi connectivity index (χ0) is 21.4. The van der Waals surface area contributed by atoms with Gasteiger partial charge in [-0.3, -0.25) is 24.6 Å². The molecule has 33 heavy (non-hydrogen) atoms. The predicted octanol–water partition coefficient (Wildman–Crippen LogP) is 1.41. The highest BCUT2D eigenvalue weighted by Crippen LogP contribution is 2.31. The molecule has 3 saturated heterocycles. The Bertz CT molecular complexity index is 885. The fourth-order valence-electron chi connectivity index (χ4n) is 5.38. The summed E-state index contributed by atoms with van der Waals surface area (Å²) in [4.78, 5) is 43.2. The van der Waals surface area contributed by atoms with Crippen molar-refractivity contribution in [3.63, 3.8) is 0 Å². The molecule has 5 rings (SSSR count). The molecule has 4 aliphatic heterocycles. The van der Waals surface area contributed by atoms with Crippen molar-refractivity contribution in [3.8, 4) is 0 Å². The Morgan fingerprint density at radius 1 is 0.939 bits per heavy atom. The number of halogens is 2. The lowest BCUT2D eigenvalue weighted by Gasteiger charge is -2.38. The number of fused-ring (bicyclic) bond motifs is 1. The Morgan fingerprint density at radius 2 is 1.67 bits per heavy atom. The molecule has 0 bridgehead atoms. The van der Waals surface area contributed by atoms with Gasteiger partial charge in [-0.2, -0.15) is 0 Å². The number of carbonyl (C=O) groups is 3. The van der Waals surface area contributed by atoms with Crippen molar-refractivity contribution >= 4 is 48.2 Å². The van der Waals surface area contributed by atoms with E-state index in [2.05, 4.69) is 26.5 Å². The van der Waals surface area contributed by atoms with Crippen molar-refractivity contribution in [2.75, 3.05) is 50.7 Å². The van der Waals surface area contributed by atoms with Crippen LogP contribution in [0.1, 0.15) is 41.6 Å². The van der Waals surface area contributed by atoms with E-state index in [4.69, 9.17) is 0 Å². The summed E-state index contributed by atoms with van der Waals surface area (Å²) in [6.07, 6.45) is 3.24. The van der Waals surface area contributed by atoms with E-state index in [0.717, 1.165) is 56.4 Å². The highest BCUT2D eigenvalue weighted by atomic mass is 35.5. The molecule has 8 nitrogen and oxygen atoms in total. The fourth-order valence-corrected chi connectivity index (χ4v) is 5.38. The highest BCUT2D eigenvalue weighted by Gasteiger charge is 2.39. The van der Waals surface area contributed by atoms with Gasteiger partial charge in [0.25, 0.3) is 5.91 Å². The van der Waals surface area contributed by atoms with Gasteiger partial charge in [-0.1, -0.05) is 0 Å². The van der Waals surface area contributed by atoms with Crippen LogP contribution in [0.25, 0.3) is 0 Å². The van der Waals surface area contributed by atoms with Crippen molar-refractivity contribution < 1.29 is 14.4 Å². The van der Waals surface area contributed by atoms with Crippen molar-refractivity contribution in [3.05, 3.63) is 29.3 Å². The van der Waals surface area contributed by atoms with Crippen LogP contribution in [0, 0.1) is 5.92 Å². The van der Waals surface area contributed by atoms with E-state index in [1.807, 2.05) is 12.1 Å². The SMILES string of the molecule is Cl.Cl.O=C1CCC(N2Cc3cc(N4CCN(CC5CCNCC5)CC4)ccc3C2=O)C(=O)N1. The van der Waals surface area contributed by atoms with E-state index in [9.17, 15) is 14.4 Å². The summed E-state index contributed by atoms with van der Waals surface area (Å²) in [5.74, 6) is 0.0920. The highest BCUT2D eigenvalue weighted by molar-refractivity contribution is 6.05. The third kappa shape index (κ3) is 5.45. The lowest BCUT2D eigenvalue weighted by atomic mass is 9.97. The van der Waals surface area contributed by atoms with Crippen molar-refractivity contribution in [1.29, 1.82) is 0 Å². The molecule has 3 amide bonds. The van der Waals surface area contributed by atoms with Gasteiger partial charge in [-0.15, -0.1) is 24.8 Å². The molecular formula is C23H33Cl2N5O3. The molecule has 1 unspecified atom stereocenters. The van der Waals surface area contributed by atoms with Crippen LogP contribution in [-0.4, -0.2) is 79.4 Å². The minimum absolute atomic E-state index is 0. The Morgan fingerprint density at radius 3 is 2.36 bits per heavy atom. The van der Waals surface area contributed by atoms with E-state index in [0.29, 0.717) is 18.5 Å². The molecule has 1 atom stereocenters. The van der Waals surface area contributed by atoms with Gasteiger partial charge in [0.1, 0.15) is 6.04 Å². The van der Waals surface area contributed by atoms with Crippen molar-refractivity contribution in [1.82, 2.24) is 20.4 Å². The first kappa shape index (κ1) is 25.7. The van der Waals surface area contributed by atoms with Crippen LogP contribution in [-0.2, 0) is 16.1 Å². The number of rotatable bonds is 4. The standard InChI is InChI=1S/C23H31N5O3.2ClH/c29-21-4-3-20(22(30)25-21)28-15-17-13-18(1-2-19(17)23(28)31)27-11-9-26(10-12-27)14-16-5-7-24-8-6-16;;/h1-2,13,16,20,24H,3-12,14-15H2,(H,25,29,30);2*1H. The Hall–Kier alpha value is -1.87. The molecule has 2 N–H and O–H groups in total. The first-order valence-corrected chi connectivity index (χ1v) is 11.5. The number of nitrogens with zero attached hydrogens (tertiary/aromatic N) is 3. The molecule has 4 aliphatic rings. The van der Waals surface area contributed by atoms with E-state index < -0.39 is 6.04 Å². The number of hydrogen-bond donors (Lipinski definition) is 2. The van der Waals surface area contributed by atoms with Crippen LogP contribution in [0.3, 0.4) is 0 Å². The normalized spacial score (nSPS) is 24.1. The second-order valence-corrected chi connectivity index (χ2v) is 9.22. The number of benzene rings is 1. The largest absolute Gasteiger partial charge is 0.369 e. The molecule has 4 heterocycles. The van der Waals surface area contributed by atoms with Crippen molar-refractivity contribution in [2.45, 2.75) is 38.3 Å². The van der Waals surface area contributed by atoms with E-state index >= 15 is 0 Å². The molecule has 10 heteroatoms. The van der Waals surface area contributed by atoms with Crippen LogP contribution in [0.5, 0.6) is 0 Å². The summed E-state index contributed by atoms with van der Waals surface area (Å²) in [6.45, 7) is 8.07. The Kier molecular flexibility index (Phi) is 8.61. The van der Waals surface area contributed by atoms with Crippen LogP contribution < -0.4 is 15.5 Å². The number of piperidine rings is 2. The number of piperazine rings is 1. The van der Waals surface area contributed by atoms with E-state index in [-0.39, 0.29) is 49.0 Å². The molecule has 1 aromatic carbocycles. The lowest BCUT2D eigenvalue weighted by molar-refractivity contribution is -0.136. The minimum atomic E-state index is -0.556. The second-order valence-electron chi connectivity index (χ2n) is 9.22. The summed E-state index contributed by atoms with van der Waals surface area (Å²) in [5.41, 5.74) is 2.81. The number of amides is 3. The zero-order valence-electron chi connectivity index (χ0n) is 18.8. The Balaban J connectivity index is 0.00000153. The predicted molar refractivity (Wildman–Crippen MR) is 131 cm³/mol. The molecule has 0 saturated carbocycles. The smallest absolute Gasteiger partial charge is 0.255 e. The first-order chi connectivity index (χ1) is 15.1. The Labute approximate surface area is 207 Å². The maximum absolute atomic E-state index is 12.9. The average Bonchev–Trinajstić information content (AvgIpc) is 3.10. The molecule has 0 aliphatic carbocycles. The number of hydrogen-bond acceptors (Lipinski definition) is 6. The monoisotopic (exact) mass is 497 g/mol. The number of nitrogens with one attached hydrogen (secondary N) is 2. The lowest BCUT2D eigenvalue weighted by Crippen LogP contribution is -2.52. The van der Waals surface area contributed by atoms with Gasteiger partial charge in [0.15, 0.2) is 0 Å². The van der Waals surface area contributed by atoms with Crippen LogP contribution in [0.2, 0.25) is 0 Å². The van der Waals surface area contributed by atoms with Gasteiger partial charge in [-0.25, -0.2) is 0 Å². The molecule has 3 fully saturated rings. The van der Waals surface area contributed by atoms with Gasteiger partial charge in [0.2, 0.25) is 11.8 Å². The fraction of sp³-hybridized carbons (Fsp3) is 0.609. The second kappa shape index (κ2) is 11.0. The number of imide groups is 1. The van der Waals surface area contributed by atoms with Gasteiger partial charge in [-0.05, 0) is 62.0 Å². The third-order valence-corrected chi connectivity index (χ3v) is 7.22. The third-order valence-electron chi connectivity index (χ3n) is 7.22. The molecule has 182 valence electrons. The quantitative estimate of drug-likeness (QED) is 0.611. The summed E-state index contributed by atoms with van der Waals surface area (Å²) in [6, 6.07) is 5.49. The molecule has 1 aromatic rings. The van der Waals surface area contributed by atoms with Crippen LogP contribution in [0.4, 0.5) is 5.69 Å². The summed E-state index contributed by atoms with van der Waals surface area (Å²) in [5, 5.41) is 5.80. The van der Waals surface area contributed by atoms with E-state index in [1.165, 1.54) is 19.4 Å².